The molecule has 1 aliphatic carbocycles. The zero-order chi connectivity index (χ0) is 39.3. The summed E-state index contributed by atoms with van der Waals surface area (Å²) in [5, 5.41) is 9.84. The number of benzene rings is 7. The number of amides is 3. The van der Waals surface area contributed by atoms with Crippen molar-refractivity contribution in [3.05, 3.63) is 214 Å². The lowest BCUT2D eigenvalue weighted by Crippen LogP contribution is -2.30. The Balaban J connectivity index is 1.03. The number of rotatable bonds is 10. The van der Waals surface area contributed by atoms with Gasteiger partial charge in [-0.25, -0.2) is 0 Å². The Hall–Kier alpha value is -7.36. The van der Waals surface area contributed by atoms with Gasteiger partial charge in [-0.2, -0.15) is 0 Å². The first-order chi connectivity index (χ1) is 27.8. The maximum absolute atomic E-state index is 14.1. The highest BCUT2D eigenvalue weighted by atomic mass is 32.2. The molecule has 8 rings (SSSR count). The second-order valence-electron chi connectivity index (χ2n) is 13.3. The molecule has 0 aliphatic heterocycles. The average Bonchev–Trinajstić information content (AvgIpc) is 3.25. The topological polar surface area (TPSA) is 121 Å². The first-order valence-corrected chi connectivity index (χ1v) is 19.0. The number of carbonyl (C=O) groups is 5. The monoisotopic (exact) mass is 763 g/mol. The zero-order valence-electron chi connectivity index (χ0n) is 30.3. The van der Waals surface area contributed by atoms with Crippen molar-refractivity contribution in [3.63, 3.8) is 0 Å². The Labute approximate surface area is 332 Å². The second-order valence-corrected chi connectivity index (χ2v) is 14.4. The van der Waals surface area contributed by atoms with Crippen LogP contribution in [0.5, 0.6) is 0 Å². The van der Waals surface area contributed by atoms with E-state index in [2.05, 4.69) is 16.0 Å². The van der Waals surface area contributed by atoms with Crippen LogP contribution < -0.4 is 16.0 Å². The van der Waals surface area contributed by atoms with Crippen LogP contribution in [-0.2, 0) is 9.59 Å². The van der Waals surface area contributed by atoms with Crippen LogP contribution in [0.1, 0.15) is 58.6 Å². The van der Waals surface area contributed by atoms with Crippen molar-refractivity contribution in [2.45, 2.75) is 10.1 Å². The first-order valence-electron chi connectivity index (χ1n) is 18.2. The summed E-state index contributed by atoms with van der Waals surface area (Å²) in [6, 6.07) is 50.1. The van der Waals surface area contributed by atoms with Crippen LogP contribution in [0.25, 0.3) is 16.8 Å². The number of hydrogen-bond donors (Lipinski definition) is 3. The summed E-state index contributed by atoms with van der Waals surface area (Å²) < 4.78 is 0. The lowest BCUT2D eigenvalue weighted by Gasteiger charge is -2.22. The molecule has 0 saturated heterocycles. The molecule has 0 radical (unpaired) electrons. The lowest BCUT2D eigenvalue weighted by molar-refractivity contribution is -0.116. The normalized spacial score (nSPS) is 12.6. The smallest absolute Gasteiger partial charge is 0.272 e. The number of anilines is 2. The Morgan fingerprint density at radius 1 is 0.561 bits per heavy atom. The maximum atomic E-state index is 14.1. The molecule has 0 aromatic heterocycles. The Kier molecular flexibility index (Phi) is 10.4. The van der Waals surface area contributed by atoms with E-state index in [1.165, 1.54) is 11.8 Å². The molecule has 0 spiro atoms. The molecule has 1 unspecified atom stereocenters. The van der Waals surface area contributed by atoms with Gasteiger partial charge in [-0.1, -0.05) is 127 Å². The first kappa shape index (κ1) is 36.6. The van der Waals surface area contributed by atoms with Crippen molar-refractivity contribution < 1.29 is 24.0 Å². The van der Waals surface area contributed by atoms with Crippen LogP contribution in [-0.4, -0.2) is 29.3 Å². The molecule has 1 aliphatic rings. The fourth-order valence-corrected chi connectivity index (χ4v) is 7.80. The minimum atomic E-state index is -0.743. The summed E-state index contributed by atoms with van der Waals surface area (Å²) in [5.74, 6) is -1.92. The minimum Gasteiger partial charge on any atom is -0.324 e. The molecule has 3 amide bonds. The van der Waals surface area contributed by atoms with E-state index in [4.69, 9.17) is 0 Å². The third-order valence-electron chi connectivity index (χ3n) is 9.57. The summed E-state index contributed by atoms with van der Waals surface area (Å²) in [4.78, 5) is 68.9. The van der Waals surface area contributed by atoms with Gasteiger partial charge in [-0.15, -0.1) is 11.8 Å². The Morgan fingerprint density at radius 2 is 1.18 bits per heavy atom. The van der Waals surface area contributed by atoms with Gasteiger partial charge in [0.1, 0.15) is 10.9 Å². The molecule has 7 aromatic carbocycles. The second kappa shape index (κ2) is 16.2. The number of ketones is 2. The molecule has 57 heavy (non-hydrogen) atoms. The number of carbonyl (C=O) groups excluding carboxylic acids is 5. The van der Waals surface area contributed by atoms with Gasteiger partial charge in [-0.3, -0.25) is 24.0 Å². The van der Waals surface area contributed by atoms with Crippen molar-refractivity contribution >= 4 is 69.3 Å². The van der Waals surface area contributed by atoms with Crippen LogP contribution >= 0.6 is 11.8 Å². The van der Waals surface area contributed by atoms with Gasteiger partial charge in [0.2, 0.25) is 5.91 Å². The molecule has 3 N–H and O–H groups in total. The van der Waals surface area contributed by atoms with Gasteiger partial charge in [0.25, 0.3) is 11.8 Å². The van der Waals surface area contributed by atoms with E-state index in [0.717, 1.165) is 26.8 Å². The Bertz CT molecular complexity index is 2720. The largest absolute Gasteiger partial charge is 0.324 e. The molecular formula is C48H33N3O5S. The van der Waals surface area contributed by atoms with E-state index in [-0.39, 0.29) is 40.0 Å². The zero-order valence-corrected chi connectivity index (χ0v) is 31.1. The number of hydrogen-bond acceptors (Lipinski definition) is 6. The molecule has 0 heterocycles. The van der Waals surface area contributed by atoms with Crippen molar-refractivity contribution in [1.82, 2.24) is 5.32 Å². The van der Waals surface area contributed by atoms with Crippen molar-refractivity contribution in [3.8, 4) is 0 Å². The summed E-state index contributed by atoms with van der Waals surface area (Å²) in [6.07, 6.45) is 1.66. The van der Waals surface area contributed by atoms with Crippen LogP contribution in [0.15, 0.2) is 180 Å². The molecule has 0 saturated carbocycles. The van der Waals surface area contributed by atoms with Gasteiger partial charge >= 0.3 is 0 Å². The van der Waals surface area contributed by atoms with E-state index in [1.807, 2.05) is 78.9 Å². The number of fused-ring (bicyclic) bond motifs is 3. The summed E-state index contributed by atoms with van der Waals surface area (Å²) >= 11 is 1.29. The van der Waals surface area contributed by atoms with Crippen molar-refractivity contribution in [2.75, 3.05) is 10.6 Å². The van der Waals surface area contributed by atoms with Crippen LogP contribution in [0, 0.1) is 0 Å². The summed E-state index contributed by atoms with van der Waals surface area (Å²) in [7, 11) is 0. The third kappa shape index (κ3) is 7.78. The highest BCUT2D eigenvalue weighted by molar-refractivity contribution is 8.00. The molecule has 276 valence electrons. The molecule has 0 fully saturated rings. The number of nitrogens with one attached hydrogen (secondary N) is 3. The predicted octanol–water partition coefficient (Wildman–Crippen LogP) is 9.50. The van der Waals surface area contributed by atoms with Gasteiger partial charge < -0.3 is 16.0 Å². The number of thioether (sulfide) groups is 1. The highest BCUT2D eigenvalue weighted by Crippen LogP contribution is 2.38. The predicted molar refractivity (Wildman–Crippen MR) is 224 cm³/mol. The molecule has 1 atom stereocenters. The molecule has 9 heteroatoms. The summed E-state index contributed by atoms with van der Waals surface area (Å²) in [6.45, 7) is 0. The van der Waals surface area contributed by atoms with Crippen LogP contribution in [0.2, 0.25) is 0 Å². The van der Waals surface area contributed by atoms with Gasteiger partial charge in [-0.05, 0) is 70.4 Å². The summed E-state index contributed by atoms with van der Waals surface area (Å²) in [5.41, 5.74) is 3.74. The van der Waals surface area contributed by atoms with Crippen molar-refractivity contribution in [1.29, 1.82) is 0 Å². The fraction of sp³-hybridized carbons (Fsp3) is 0.0208. The quantitative estimate of drug-likeness (QED) is 0.0943. The van der Waals surface area contributed by atoms with E-state index < -0.39 is 17.1 Å². The average molecular weight is 764 g/mol. The minimum absolute atomic E-state index is 0.0613. The van der Waals surface area contributed by atoms with E-state index >= 15 is 0 Å². The lowest BCUT2D eigenvalue weighted by atomic mass is 9.83. The fourth-order valence-electron chi connectivity index (χ4n) is 6.77. The molecular weight excluding hydrogens is 731 g/mol. The van der Waals surface area contributed by atoms with Crippen LogP contribution in [0.3, 0.4) is 0 Å². The standard InChI is InChI=1S/C48H33N3O5S/c52-43-37-21-9-10-22-38(37)44(53)42-39(43)23-12-24-40(42)50-48(56)45(31-14-3-1-4-15-31)57-35-27-25-34(26-28-35)49-47(55)41(51-46(54)32-16-5-2-6-17-32)29-33-19-11-18-30-13-7-8-20-36(30)33/h1-29,45H,(H,49,55)(H,50,56)(H,51,54)/b41-29-. The van der Waals surface area contributed by atoms with E-state index in [1.54, 1.807) is 97.1 Å². The van der Waals surface area contributed by atoms with Gasteiger partial charge in [0.15, 0.2) is 11.6 Å². The van der Waals surface area contributed by atoms with Gasteiger partial charge in [0.05, 0.1) is 11.3 Å². The Morgan fingerprint density at radius 3 is 1.93 bits per heavy atom. The van der Waals surface area contributed by atoms with Crippen molar-refractivity contribution in [2.24, 2.45) is 0 Å². The third-order valence-corrected chi connectivity index (χ3v) is 10.8. The van der Waals surface area contributed by atoms with Crippen LogP contribution in [0.4, 0.5) is 11.4 Å². The SMILES string of the molecule is O=C(Nc1ccc(SC(C(=O)Nc2cccc3c2C(=O)c2ccccc2C3=O)c2ccccc2)cc1)/C(=C/c1cccc2ccccc12)NC(=O)c1ccccc1. The van der Waals surface area contributed by atoms with Gasteiger partial charge in [0, 0.05) is 32.8 Å². The van der Waals surface area contributed by atoms with E-state index in [0.29, 0.717) is 22.4 Å². The molecule has 0 bridgehead atoms. The van der Waals surface area contributed by atoms with E-state index in [9.17, 15) is 24.0 Å². The maximum Gasteiger partial charge on any atom is 0.272 e. The highest BCUT2D eigenvalue weighted by Gasteiger charge is 2.33. The molecule has 7 aromatic rings. The molecule has 8 nitrogen and oxygen atoms in total.